The zero-order valence-electron chi connectivity index (χ0n) is 12.0. The van der Waals surface area contributed by atoms with Crippen LogP contribution in [0.1, 0.15) is 53.9 Å². The van der Waals surface area contributed by atoms with E-state index in [1.807, 2.05) is 6.92 Å². The van der Waals surface area contributed by atoms with E-state index in [1.54, 1.807) is 0 Å². The summed E-state index contributed by atoms with van der Waals surface area (Å²) in [5.74, 6) is 0.764. The van der Waals surface area contributed by atoms with Crippen molar-refractivity contribution in [3.05, 3.63) is 0 Å². The van der Waals surface area contributed by atoms with E-state index in [9.17, 15) is 8.42 Å². The van der Waals surface area contributed by atoms with Gasteiger partial charge in [0.15, 0.2) is 9.84 Å². The maximum absolute atomic E-state index is 12.0. The number of hydrogen-bond acceptors (Lipinski definition) is 3. The fourth-order valence-corrected chi connectivity index (χ4v) is 3.19. The normalized spacial score (nSPS) is 14.5. The average molecular weight is 263 g/mol. The van der Waals surface area contributed by atoms with Crippen molar-refractivity contribution >= 4 is 9.84 Å². The number of rotatable bonds is 9. The van der Waals surface area contributed by atoms with E-state index >= 15 is 0 Å². The number of nitrogens with one attached hydrogen (secondary N) is 1. The first-order valence-corrected chi connectivity index (χ1v) is 8.49. The molecule has 0 rings (SSSR count). The summed E-state index contributed by atoms with van der Waals surface area (Å²) in [6.07, 6.45) is 2.86. The van der Waals surface area contributed by atoms with E-state index in [0.29, 0.717) is 24.3 Å². The lowest BCUT2D eigenvalue weighted by Gasteiger charge is -2.19. The molecule has 1 atom stereocenters. The lowest BCUT2D eigenvalue weighted by molar-refractivity contribution is 0.479. The third-order valence-corrected chi connectivity index (χ3v) is 5.47. The van der Waals surface area contributed by atoms with Crippen LogP contribution in [0.5, 0.6) is 0 Å². The van der Waals surface area contributed by atoms with Crippen LogP contribution in [0.25, 0.3) is 0 Å². The van der Waals surface area contributed by atoms with Gasteiger partial charge in [-0.25, -0.2) is 8.42 Å². The van der Waals surface area contributed by atoms with Crippen LogP contribution in [-0.2, 0) is 9.84 Å². The predicted molar refractivity (Wildman–Crippen MR) is 75.1 cm³/mol. The van der Waals surface area contributed by atoms with Crippen LogP contribution >= 0.6 is 0 Å². The van der Waals surface area contributed by atoms with Gasteiger partial charge in [-0.3, -0.25) is 0 Å². The van der Waals surface area contributed by atoms with E-state index < -0.39 is 9.84 Å². The van der Waals surface area contributed by atoms with Crippen LogP contribution in [0, 0.1) is 5.92 Å². The molecule has 0 bridgehead atoms. The van der Waals surface area contributed by atoms with Crippen molar-refractivity contribution < 1.29 is 8.42 Å². The summed E-state index contributed by atoms with van der Waals surface area (Å²) < 4.78 is 24.0. The van der Waals surface area contributed by atoms with Crippen molar-refractivity contribution in [2.75, 3.05) is 12.3 Å². The Morgan fingerprint density at radius 2 is 1.59 bits per heavy atom. The van der Waals surface area contributed by atoms with E-state index in [4.69, 9.17) is 0 Å². The fourth-order valence-electron chi connectivity index (χ4n) is 1.64. The fraction of sp³-hybridized carbons (Fsp3) is 1.00. The molecule has 0 aromatic rings. The van der Waals surface area contributed by atoms with Gasteiger partial charge in [-0.2, -0.15) is 0 Å². The molecule has 0 aromatic carbocycles. The quantitative estimate of drug-likeness (QED) is 0.695. The van der Waals surface area contributed by atoms with E-state index in [1.165, 1.54) is 0 Å². The summed E-state index contributed by atoms with van der Waals surface area (Å²) in [7, 11) is -2.93. The Labute approximate surface area is 107 Å². The highest BCUT2D eigenvalue weighted by Gasteiger charge is 2.21. The lowest BCUT2D eigenvalue weighted by Crippen LogP contribution is -2.38. The molecule has 0 heterocycles. The molecule has 0 radical (unpaired) electrons. The highest BCUT2D eigenvalue weighted by Crippen LogP contribution is 2.09. The van der Waals surface area contributed by atoms with Gasteiger partial charge in [0, 0.05) is 12.6 Å². The van der Waals surface area contributed by atoms with Gasteiger partial charge in [-0.05, 0) is 32.1 Å². The average Bonchev–Trinajstić information content (AvgIpc) is 2.27. The maximum atomic E-state index is 12.0. The van der Waals surface area contributed by atoms with Crippen LogP contribution < -0.4 is 5.32 Å². The monoisotopic (exact) mass is 263 g/mol. The first-order chi connectivity index (χ1) is 7.83. The van der Waals surface area contributed by atoms with Gasteiger partial charge in [0.1, 0.15) is 0 Å². The smallest absolute Gasteiger partial charge is 0.154 e. The zero-order chi connectivity index (χ0) is 13.5. The molecule has 104 valence electrons. The van der Waals surface area contributed by atoms with Gasteiger partial charge in [-0.15, -0.1) is 0 Å². The Balaban J connectivity index is 4.15. The minimum atomic E-state index is -2.93. The first-order valence-electron chi connectivity index (χ1n) is 6.78. The van der Waals surface area contributed by atoms with Gasteiger partial charge >= 0.3 is 0 Å². The zero-order valence-corrected chi connectivity index (χ0v) is 12.8. The molecule has 0 fully saturated rings. The second kappa shape index (κ2) is 8.09. The molecule has 17 heavy (non-hydrogen) atoms. The van der Waals surface area contributed by atoms with Crippen LogP contribution in [0.15, 0.2) is 0 Å². The second-order valence-electron chi connectivity index (χ2n) is 5.28. The van der Waals surface area contributed by atoms with Crippen molar-refractivity contribution in [3.63, 3.8) is 0 Å². The van der Waals surface area contributed by atoms with Crippen molar-refractivity contribution in [2.24, 2.45) is 5.92 Å². The van der Waals surface area contributed by atoms with Gasteiger partial charge < -0.3 is 5.32 Å². The van der Waals surface area contributed by atoms with Gasteiger partial charge in [0.25, 0.3) is 0 Å². The molecule has 0 saturated heterocycles. The highest BCUT2D eigenvalue weighted by molar-refractivity contribution is 7.92. The third-order valence-electron chi connectivity index (χ3n) is 3.27. The SMILES string of the molecule is CCC(CC)NCC(C)S(=O)(=O)CCC(C)C. The predicted octanol–water partition coefficient (Wildman–Crippen LogP) is 2.61. The van der Waals surface area contributed by atoms with Gasteiger partial charge in [0.05, 0.1) is 11.0 Å². The largest absolute Gasteiger partial charge is 0.313 e. The van der Waals surface area contributed by atoms with Crippen LogP contribution in [0.3, 0.4) is 0 Å². The van der Waals surface area contributed by atoms with Crippen molar-refractivity contribution in [2.45, 2.75) is 65.2 Å². The molecule has 0 saturated carbocycles. The van der Waals surface area contributed by atoms with Crippen LogP contribution in [0.4, 0.5) is 0 Å². The summed E-state index contributed by atoms with van der Waals surface area (Å²) in [5, 5.41) is 3.06. The summed E-state index contributed by atoms with van der Waals surface area (Å²) in [5.41, 5.74) is 0. The second-order valence-corrected chi connectivity index (χ2v) is 7.82. The van der Waals surface area contributed by atoms with E-state index in [-0.39, 0.29) is 5.25 Å². The topological polar surface area (TPSA) is 46.2 Å². The molecule has 0 aliphatic heterocycles. The number of sulfone groups is 1. The van der Waals surface area contributed by atoms with Gasteiger partial charge in [0.2, 0.25) is 0 Å². The Hall–Kier alpha value is -0.0900. The molecule has 3 nitrogen and oxygen atoms in total. The lowest BCUT2D eigenvalue weighted by atomic mass is 10.2. The Morgan fingerprint density at radius 1 is 1.06 bits per heavy atom. The first kappa shape index (κ1) is 16.9. The summed E-state index contributed by atoms with van der Waals surface area (Å²) in [4.78, 5) is 0. The maximum Gasteiger partial charge on any atom is 0.154 e. The molecule has 1 N–H and O–H groups in total. The Kier molecular flexibility index (Phi) is 8.05. The molecule has 0 spiro atoms. The van der Waals surface area contributed by atoms with Crippen molar-refractivity contribution in [1.29, 1.82) is 0 Å². The van der Waals surface area contributed by atoms with Crippen LogP contribution in [0.2, 0.25) is 0 Å². The summed E-state index contributed by atoms with van der Waals surface area (Å²) in [6, 6.07) is 0.442. The molecule has 1 unspecified atom stereocenters. The van der Waals surface area contributed by atoms with Gasteiger partial charge in [-0.1, -0.05) is 27.7 Å². The molecule has 0 aromatic heterocycles. The minimum absolute atomic E-state index is 0.276. The van der Waals surface area contributed by atoms with E-state index in [2.05, 4.69) is 33.0 Å². The summed E-state index contributed by atoms with van der Waals surface area (Å²) >= 11 is 0. The molecule has 4 heteroatoms. The summed E-state index contributed by atoms with van der Waals surface area (Å²) in [6.45, 7) is 10.8. The molecule has 0 aliphatic carbocycles. The van der Waals surface area contributed by atoms with Crippen molar-refractivity contribution in [1.82, 2.24) is 5.32 Å². The Morgan fingerprint density at radius 3 is 2.00 bits per heavy atom. The molecular weight excluding hydrogens is 234 g/mol. The van der Waals surface area contributed by atoms with Crippen LogP contribution in [-0.4, -0.2) is 32.0 Å². The minimum Gasteiger partial charge on any atom is -0.313 e. The van der Waals surface area contributed by atoms with Crippen molar-refractivity contribution in [3.8, 4) is 0 Å². The standard InChI is InChI=1S/C13H29NO2S/c1-6-13(7-2)14-10-12(5)17(15,16)9-8-11(3)4/h11-14H,6-10H2,1-5H3. The molecular formula is C13H29NO2S. The Bertz CT molecular complexity index is 282. The molecule has 0 amide bonds. The third kappa shape index (κ3) is 7.04. The van der Waals surface area contributed by atoms with E-state index in [0.717, 1.165) is 19.3 Å². The highest BCUT2D eigenvalue weighted by atomic mass is 32.2. The number of hydrogen-bond donors (Lipinski definition) is 1. The molecule has 0 aliphatic rings.